The third kappa shape index (κ3) is 3.44. The van der Waals surface area contributed by atoms with E-state index in [0.29, 0.717) is 41.4 Å². The van der Waals surface area contributed by atoms with E-state index in [1.165, 1.54) is 0 Å². The van der Waals surface area contributed by atoms with Gasteiger partial charge in [0.1, 0.15) is 5.75 Å². The molecule has 0 unspecified atom stereocenters. The number of para-hydroxylation sites is 1. The Bertz CT molecular complexity index is 998. The molecule has 0 spiro atoms. The van der Waals surface area contributed by atoms with Gasteiger partial charge in [0.25, 0.3) is 5.91 Å². The average molecular weight is 378 g/mol. The predicted molar refractivity (Wildman–Crippen MR) is 107 cm³/mol. The molecule has 5 nitrogen and oxygen atoms in total. The Morgan fingerprint density at radius 1 is 1.15 bits per heavy atom. The highest BCUT2D eigenvalue weighted by Crippen LogP contribution is 2.40. The van der Waals surface area contributed by atoms with Gasteiger partial charge in [-0.15, -0.1) is 0 Å². The highest BCUT2D eigenvalue weighted by Gasteiger charge is 2.27. The first-order valence-corrected chi connectivity index (χ1v) is 9.63. The molecular weight excluding hydrogens is 360 g/mol. The number of ether oxygens (including phenoxy) is 1. The van der Waals surface area contributed by atoms with E-state index in [0.717, 1.165) is 5.56 Å². The van der Waals surface area contributed by atoms with Crippen LogP contribution >= 0.6 is 11.3 Å². The van der Waals surface area contributed by atoms with Gasteiger partial charge in [-0.3, -0.25) is 9.59 Å². The maximum absolute atomic E-state index is 12.8. The van der Waals surface area contributed by atoms with E-state index in [1.54, 1.807) is 40.5 Å². The summed E-state index contributed by atoms with van der Waals surface area (Å²) in [4.78, 5) is 26.8. The fourth-order valence-corrected chi connectivity index (χ4v) is 3.77. The topological polar surface area (TPSA) is 58.6 Å². The van der Waals surface area contributed by atoms with E-state index in [1.807, 2.05) is 41.9 Å². The molecular formula is C21H18N2O3S. The fourth-order valence-electron chi connectivity index (χ4n) is 3.10. The third-order valence-electron chi connectivity index (χ3n) is 4.38. The van der Waals surface area contributed by atoms with Crippen LogP contribution in [-0.2, 0) is 11.2 Å². The fraction of sp³-hybridized carbons (Fsp3) is 0.143. The van der Waals surface area contributed by atoms with Crippen LogP contribution in [-0.4, -0.2) is 18.4 Å². The smallest absolute Gasteiger partial charge is 0.262 e. The molecule has 136 valence electrons. The lowest BCUT2D eigenvalue weighted by atomic mass is 10.1. The number of benzene rings is 2. The zero-order valence-electron chi connectivity index (χ0n) is 14.8. The van der Waals surface area contributed by atoms with Gasteiger partial charge < -0.3 is 15.0 Å². The molecule has 2 heterocycles. The van der Waals surface area contributed by atoms with Crippen LogP contribution < -0.4 is 15.0 Å². The van der Waals surface area contributed by atoms with E-state index in [4.69, 9.17) is 4.74 Å². The Morgan fingerprint density at radius 3 is 2.78 bits per heavy atom. The summed E-state index contributed by atoms with van der Waals surface area (Å²) in [6, 6.07) is 14.5. The molecule has 1 aliphatic rings. The van der Waals surface area contributed by atoms with Gasteiger partial charge in [-0.25, -0.2) is 0 Å². The molecule has 0 saturated heterocycles. The number of nitrogens with zero attached hydrogens (tertiary/aromatic N) is 1. The molecule has 2 amide bonds. The van der Waals surface area contributed by atoms with Crippen LogP contribution in [0.2, 0.25) is 0 Å². The summed E-state index contributed by atoms with van der Waals surface area (Å²) >= 11 is 1.57. The van der Waals surface area contributed by atoms with Crippen molar-refractivity contribution in [2.45, 2.75) is 13.3 Å². The SMILES string of the molecule is CCN1C(=O)c2ccccc2Oc2cc(NC(=O)Cc3ccsc3)ccc21. The normalized spacial score (nSPS) is 12.6. The monoisotopic (exact) mass is 378 g/mol. The zero-order valence-corrected chi connectivity index (χ0v) is 15.6. The number of thiophene rings is 1. The van der Waals surface area contributed by atoms with Crippen molar-refractivity contribution in [1.29, 1.82) is 0 Å². The number of anilines is 2. The minimum Gasteiger partial charge on any atom is -0.454 e. The quantitative estimate of drug-likeness (QED) is 0.716. The van der Waals surface area contributed by atoms with Crippen LogP contribution in [0.1, 0.15) is 22.8 Å². The highest BCUT2D eigenvalue weighted by molar-refractivity contribution is 7.08. The van der Waals surface area contributed by atoms with Gasteiger partial charge >= 0.3 is 0 Å². The van der Waals surface area contributed by atoms with Crippen molar-refractivity contribution in [3.05, 3.63) is 70.4 Å². The first kappa shape index (κ1) is 17.3. The summed E-state index contributed by atoms with van der Waals surface area (Å²) in [5, 5.41) is 6.81. The van der Waals surface area contributed by atoms with E-state index in [-0.39, 0.29) is 11.8 Å². The molecule has 0 saturated carbocycles. The van der Waals surface area contributed by atoms with E-state index < -0.39 is 0 Å². The summed E-state index contributed by atoms with van der Waals surface area (Å²) < 4.78 is 6.02. The third-order valence-corrected chi connectivity index (χ3v) is 5.11. The molecule has 0 atom stereocenters. The standard InChI is InChI=1S/C21H18N2O3S/c1-2-23-17-8-7-15(22-20(24)11-14-9-10-27-13-14)12-19(17)26-18-6-4-3-5-16(18)21(23)25/h3-10,12-13H,2,11H2,1H3,(H,22,24). The second-order valence-electron chi connectivity index (χ2n) is 6.19. The maximum atomic E-state index is 12.8. The van der Waals surface area contributed by atoms with Gasteiger partial charge in [-0.1, -0.05) is 12.1 Å². The lowest BCUT2D eigenvalue weighted by Gasteiger charge is -2.20. The second-order valence-corrected chi connectivity index (χ2v) is 6.97. The van der Waals surface area contributed by atoms with Crippen molar-refractivity contribution in [3.8, 4) is 11.5 Å². The molecule has 0 bridgehead atoms. The number of carbonyl (C=O) groups is 2. The number of nitrogens with one attached hydrogen (secondary N) is 1. The van der Waals surface area contributed by atoms with Crippen molar-refractivity contribution in [2.75, 3.05) is 16.8 Å². The zero-order chi connectivity index (χ0) is 18.8. The Balaban J connectivity index is 1.64. The van der Waals surface area contributed by atoms with Crippen molar-refractivity contribution in [2.24, 2.45) is 0 Å². The molecule has 3 aromatic rings. The molecule has 1 aromatic heterocycles. The van der Waals surface area contributed by atoms with Crippen LogP contribution in [0.4, 0.5) is 11.4 Å². The van der Waals surface area contributed by atoms with Crippen LogP contribution in [0, 0.1) is 0 Å². The molecule has 6 heteroatoms. The number of hydrogen-bond acceptors (Lipinski definition) is 4. The lowest BCUT2D eigenvalue weighted by Crippen LogP contribution is -2.29. The van der Waals surface area contributed by atoms with Gasteiger partial charge in [0, 0.05) is 18.3 Å². The van der Waals surface area contributed by atoms with E-state index in [2.05, 4.69) is 5.32 Å². The second kappa shape index (κ2) is 7.25. The Kier molecular flexibility index (Phi) is 4.64. The first-order valence-electron chi connectivity index (χ1n) is 8.69. The molecule has 0 radical (unpaired) electrons. The number of fused-ring (bicyclic) bond motifs is 2. The minimum atomic E-state index is -0.0962. The summed E-state index contributed by atoms with van der Waals surface area (Å²) in [5.74, 6) is 0.872. The first-order chi connectivity index (χ1) is 13.2. The molecule has 1 aliphatic heterocycles. The van der Waals surface area contributed by atoms with Gasteiger partial charge in [-0.2, -0.15) is 11.3 Å². The Hall–Kier alpha value is -3.12. The molecule has 1 N–H and O–H groups in total. The van der Waals surface area contributed by atoms with Crippen molar-refractivity contribution in [1.82, 2.24) is 0 Å². The molecule has 4 rings (SSSR count). The van der Waals surface area contributed by atoms with Crippen molar-refractivity contribution < 1.29 is 14.3 Å². The number of amides is 2. The molecule has 2 aromatic carbocycles. The summed E-state index contributed by atoms with van der Waals surface area (Å²) in [5.41, 5.74) is 2.84. The van der Waals surface area contributed by atoms with Crippen LogP contribution in [0.15, 0.2) is 59.3 Å². The summed E-state index contributed by atoms with van der Waals surface area (Å²) in [6.07, 6.45) is 0.323. The molecule has 0 aliphatic carbocycles. The van der Waals surface area contributed by atoms with Crippen LogP contribution in [0.5, 0.6) is 11.5 Å². The number of rotatable bonds is 4. The van der Waals surface area contributed by atoms with Gasteiger partial charge in [0.15, 0.2) is 5.75 Å². The van der Waals surface area contributed by atoms with Crippen molar-refractivity contribution in [3.63, 3.8) is 0 Å². The number of carbonyl (C=O) groups excluding carboxylic acids is 2. The largest absolute Gasteiger partial charge is 0.454 e. The average Bonchev–Trinajstić information content (AvgIpc) is 3.13. The Morgan fingerprint density at radius 2 is 2.00 bits per heavy atom. The molecule has 27 heavy (non-hydrogen) atoms. The lowest BCUT2D eigenvalue weighted by molar-refractivity contribution is -0.115. The van der Waals surface area contributed by atoms with E-state index >= 15 is 0 Å². The van der Waals surface area contributed by atoms with Gasteiger partial charge in [-0.05, 0) is 53.6 Å². The number of hydrogen-bond donors (Lipinski definition) is 1. The highest BCUT2D eigenvalue weighted by atomic mass is 32.1. The summed E-state index contributed by atoms with van der Waals surface area (Å²) in [6.45, 7) is 2.44. The van der Waals surface area contributed by atoms with E-state index in [9.17, 15) is 9.59 Å². The van der Waals surface area contributed by atoms with Crippen LogP contribution in [0.25, 0.3) is 0 Å². The van der Waals surface area contributed by atoms with Crippen molar-refractivity contribution >= 4 is 34.5 Å². The van der Waals surface area contributed by atoms with Gasteiger partial charge in [0.2, 0.25) is 5.91 Å². The van der Waals surface area contributed by atoms with Gasteiger partial charge in [0.05, 0.1) is 17.7 Å². The minimum absolute atomic E-state index is 0.0919. The maximum Gasteiger partial charge on any atom is 0.262 e. The van der Waals surface area contributed by atoms with Crippen LogP contribution in [0.3, 0.4) is 0 Å². The predicted octanol–water partition coefficient (Wildman–Crippen LogP) is 4.70. The Labute approximate surface area is 161 Å². The molecule has 0 fully saturated rings. The summed E-state index contributed by atoms with van der Waals surface area (Å²) in [7, 11) is 0.